The molecule has 1 aromatic carbocycles. The number of ether oxygens (including phenoxy) is 1. The third-order valence-corrected chi connectivity index (χ3v) is 5.55. The van der Waals surface area contributed by atoms with Gasteiger partial charge in [0.1, 0.15) is 11.9 Å². The Morgan fingerprint density at radius 2 is 1.88 bits per heavy atom. The molecule has 2 N–H and O–H groups in total. The third kappa shape index (κ3) is 4.24. The molecule has 6 heteroatoms. The molecular weight excluding hydrogens is 328 g/mol. The molecule has 1 aromatic heterocycles. The van der Waals surface area contributed by atoms with Crippen LogP contribution in [0, 0.1) is 0 Å². The van der Waals surface area contributed by atoms with Crippen LogP contribution in [0.4, 0.5) is 5.95 Å². The number of rotatable bonds is 4. The van der Waals surface area contributed by atoms with Crippen molar-refractivity contribution >= 4 is 16.9 Å². The van der Waals surface area contributed by atoms with Crippen molar-refractivity contribution in [2.24, 2.45) is 0 Å². The van der Waals surface area contributed by atoms with Crippen LogP contribution in [-0.4, -0.2) is 58.4 Å². The molecule has 2 fully saturated rings. The molecule has 1 aliphatic heterocycles. The van der Waals surface area contributed by atoms with Crippen LogP contribution in [-0.2, 0) is 0 Å². The molecule has 1 saturated carbocycles. The van der Waals surface area contributed by atoms with E-state index in [-0.39, 0.29) is 12.2 Å². The van der Waals surface area contributed by atoms with Crippen molar-refractivity contribution in [3.8, 4) is 5.75 Å². The first-order valence-electron chi connectivity index (χ1n) is 9.72. The molecule has 0 atom stereocenters. The van der Waals surface area contributed by atoms with E-state index in [9.17, 15) is 5.11 Å². The Morgan fingerprint density at radius 3 is 2.65 bits per heavy atom. The van der Waals surface area contributed by atoms with Gasteiger partial charge in [-0.2, -0.15) is 0 Å². The van der Waals surface area contributed by atoms with Crippen molar-refractivity contribution in [2.75, 3.05) is 25.5 Å². The number of benzene rings is 1. The molecular formula is C20H28N4O2. The summed E-state index contributed by atoms with van der Waals surface area (Å²) < 4.78 is 6.18. The van der Waals surface area contributed by atoms with Crippen molar-refractivity contribution in [1.29, 1.82) is 0 Å². The number of nitrogens with one attached hydrogen (secondary N) is 1. The van der Waals surface area contributed by atoms with Crippen LogP contribution >= 0.6 is 0 Å². The van der Waals surface area contributed by atoms with Crippen LogP contribution in [0.25, 0.3) is 10.9 Å². The van der Waals surface area contributed by atoms with Gasteiger partial charge in [0.2, 0.25) is 5.95 Å². The second-order valence-electron chi connectivity index (χ2n) is 7.68. The molecule has 0 radical (unpaired) electrons. The number of nitrogens with zero attached hydrogens (tertiary/aromatic N) is 3. The fourth-order valence-electron chi connectivity index (χ4n) is 3.84. The van der Waals surface area contributed by atoms with Crippen LogP contribution in [0.5, 0.6) is 5.75 Å². The number of likely N-dealkylation sites (tertiary alicyclic amines) is 1. The lowest BCUT2D eigenvalue weighted by molar-refractivity contribution is 0.114. The maximum atomic E-state index is 9.64. The van der Waals surface area contributed by atoms with E-state index < -0.39 is 0 Å². The van der Waals surface area contributed by atoms with Crippen molar-refractivity contribution < 1.29 is 9.84 Å². The number of piperidine rings is 1. The molecule has 2 aliphatic rings. The number of hydrogen-bond acceptors (Lipinski definition) is 6. The lowest BCUT2D eigenvalue weighted by atomic mass is 9.93. The van der Waals surface area contributed by atoms with Crippen LogP contribution in [0.3, 0.4) is 0 Å². The van der Waals surface area contributed by atoms with Crippen molar-refractivity contribution in [1.82, 2.24) is 14.9 Å². The largest absolute Gasteiger partial charge is 0.490 e. The van der Waals surface area contributed by atoms with E-state index >= 15 is 0 Å². The van der Waals surface area contributed by atoms with Gasteiger partial charge in [-0.1, -0.05) is 0 Å². The maximum Gasteiger partial charge on any atom is 0.223 e. The van der Waals surface area contributed by atoms with Crippen molar-refractivity contribution in [2.45, 2.75) is 56.8 Å². The lowest BCUT2D eigenvalue weighted by Crippen LogP contribution is -2.35. The Morgan fingerprint density at radius 1 is 1.12 bits per heavy atom. The van der Waals surface area contributed by atoms with Gasteiger partial charge in [0, 0.05) is 36.8 Å². The topological polar surface area (TPSA) is 70.5 Å². The first kappa shape index (κ1) is 17.5. The standard InChI is InChI=1S/C20H28N4O2/c1-24-10-8-17(9-11-24)26-18-7-2-14-13-21-20(23-19(14)12-18)22-15-3-5-16(25)6-4-15/h2,7,12-13,15-17,25H,3-6,8-11H2,1H3,(H,21,22,23). The molecule has 2 heterocycles. The molecule has 0 amide bonds. The Bertz CT molecular complexity index is 679. The second-order valence-corrected chi connectivity index (χ2v) is 7.68. The SMILES string of the molecule is CN1CCC(Oc2ccc3cnc(NC4CCC(O)CC4)nc3c2)CC1. The number of anilines is 1. The first-order chi connectivity index (χ1) is 12.7. The van der Waals surface area contributed by atoms with Crippen molar-refractivity contribution in [3.63, 3.8) is 0 Å². The van der Waals surface area contributed by atoms with E-state index in [0.29, 0.717) is 12.0 Å². The quantitative estimate of drug-likeness (QED) is 0.878. The Hall–Kier alpha value is -1.92. The van der Waals surface area contributed by atoms with Crippen LogP contribution in [0.1, 0.15) is 38.5 Å². The zero-order valence-electron chi connectivity index (χ0n) is 15.4. The predicted octanol–water partition coefficient (Wildman–Crippen LogP) is 2.82. The summed E-state index contributed by atoms with van der Waals surface area (Å²) in [7, 11) is 2.16. The second kappa shape index (κ2) is 7.76. The van der Waals surface area contributed by atoms with E-state index in [1.54, 1.807) is 0 Å². The Labute approximate surface area is 154 Å². The summed E-state index contributed by atoms with van der Waals surface area (Å²) in [6, 6.07) is 6.40. The minimum atomic E-state index is -0.148. The van der Waals surface area contributed by atoms with Gasteiger partial charge in [-0.05, 0) is 57.7 Å². The minimum Gasteiger partial charge on any atom is -0.490 e. The number of aliphatic hydroxyl groups is 1. The molecule has 4 rings (SSSR count). The number of aromatic nitrogens is 2. The molecule has 1 saturated heterocycles. The molecule has 2 aromatic rings. The number of aliphatic hydroxyl groups excluding tert-OH is 1. The average Bonchev–Trinajstić information content (AvgIpc) is 2.65. The van der Waals surface area contributed by atoms with Gasteiger partial charge in [-0.25, -0.2) is 9.97 Å². The highest BCUT2D eigenvalue weighted by atomic mass is 16.5. The molecule has 26 heavy (non-hydrogen) atoms. The summed E-state index contributed by atoms with van der Waals surface area (Å²) in [5.74, 6) is 1.55. The highest BCUT2D eigenvalue weighted by molar-refractivity contribution is 5.80. The zero-order chi connectivity index (χ0) is 17.9. The van der Waals surface area contributed by atoms with Crippen LogP contribution in [0.15, 0.2) is 24.4 Å². The van der Waals surface area contributed by atoms with Crippen LogP contribution < -0.4 is 10.1 Å². The minimum absolute atomic E-state index is 0.148. The molecule has 6 nitrogen and oxygen atoms in total. The predicted molar refractivity (Wildman–Crippen MR) is 103 cm³/mol. The molecule has 0 unspecified atom stereocenters. The smallest absolute Gasteiger partial charge is 0.223 e. The van der Waals surface area contributed by atoms with E-state index in [2.05, 4.69) is 27.2 Å². The summed E-state index contributed by atoms with van der Waals surface area (Å²) >= 11 is 0. The van der Waals surface area contributed by atoms with Gasteiger partial charge in [0.05, 0.1) is 11.6 Å². The molecule has 0 bridgehead atoms. The Balaban J connectivity index is 1.44. The fraction of sp³-hybridized carbons (Fsp3) is 0.600. The summed E-state index contributed by atoms with van der Waals surface area (Å²) in [4.78, 5) is 11.5. The van der Waals surface area contributed by atoms with Gasteiger partial charge < -0.3 is 20.1 Å². The normalized spacial score (nSPS) is 25.3. The summed E-state index contributed by atoms with van der Waals surface area (Å²) in [6.45, 7) is 2.18. The monoisotopic (exact) mass is 356 g/mol. The van der Waals surface area contributed by atoms with E-state index in [4.69, 9.17) is 4.74 Å². The summed E-state index contributed by atoms with van der Waals surface area (Å²) in [5.41, 5.74) is 0.906. The summed E-state index contributed by atoms with van der Waals surface area (Å²) in [6.07, 6.45) is 7.75. The van der Waals surface area contributed by atoms with E-state index in [1.165, 1.54) is 0 Å². The van der Waals surface area contributed by atoms with Gasteiger partial charge in [0.25, 0.3) is 0 Å². The third-order valence-electron chi connectivity index (χ3n) is 5.55. The molecule has 140 valence electrons. The first-order valence-corrected chi connectivity index (χ1v) is 9.72. The highest BCUT2D eigenvalue weighted by Crippen LogP contribution is 2.25. The van der Waals surface area contributed by atoms with Gasteiger partial charge in [0.15, 0.2) is 0 Å². The van der Waals surface area contributed by atoms with Crippen LogP contribution in [0.2, 0.25) is 0 Å². The maximum absolute atomic E-state index is 9.64. The van der Waals surface area contributed by atoms with Crippen molar-refractivity contribution in [3.05, 3.63) is 24.4 Å². The average molecular weight is 356 g/mol. The number of hydrogen-bond donors (Lipinski definition) is 2. The zero-order valence-corrected chi connectivity index (χ0v) is 15.4. The highest BCUT2D eigenvalue weighted by Gasteiger charge is 2.20. The van der Waals surface area contributed by atoms with Gasteiger partial charge in [-0.3, -0.25) is 0 Å². The fourth-order valence-corrected chi connectivity index (χ4v) is 3.84. The van der Waals surface area contributed by atoms with Gasteiger partial charge >= 0.3 is 0 Å². The van der Waals surface area contributed by atoms with Gasteiger partial charge in [-0.15, -0.1) is 0 Å². The van der Waals surface area contributed by atoms with E-state index in [0.717, 1.165) is 68.3 Å². The molecule has 1 aliphatic carbocycles. The Kier molecular flexibility index (Phi) is 5.22. The number of fused-ring (bicyclic) bond motifs is 1. The van der Waals surface area contributed by atoms with E-state index in [1.807, 2.05) is 24.4 Å². The summed E-state index contributed by atoms with van der Waals surface area (Å²) in [5, 5.41) is 14.1. The lowest BCUT2D eigenvalue weighted by Gasteiger charge is -2.29. The molecule has 0 spiro atoms.